The Morgan fingerprint density at radius 1 is 1.07 bits per heavy atom. The van der Waals surface area contributed by atoms with Crippen molar-refractivity contribution in [2.75, 3.05) is 0 Å². The van der Waals surface area contributed by atoms with Gasteiger partial charge in [0.15, 0.2) is 6.04 Å². The maximum absolute atomic E-state index is 14.3. The molecule has 1 amide bonds. The molecule has 6 heteroatoms. The van der Waals surface area contributed by atoms with Crippen LogP contribution in [0.5, 0.6) is 0 Å². The molecule has 0 aliphatic carbocycles. The van der Waals surface area contributed by atoms with Crippen molar-refractivity contribution >= 4 is 16.7 Å². The SMILES string of the molecule is CC(C)(C)c1c(C(N2NC(=O)CC2(C)C)C(F)(F)F)ccc2ccccc12. The number of fused-ring (bicyclic) bond motifs is 1. The number of nitrogens with one attached hydrogen (secondary N) is 1. The zero-order chi connectivity index (χ0) is 20.2. The van der Waals surface area contributed by atoms with Gasteiger partial charge in [-0.1, -0.05) is 57.2 Å². The summed E-state index contributed by atoms with van der Waals surface area (Å²) in [6.45, 7) is 9.06. The van der Waals surface area contributed by atoms with Gasteiger partial charge >= 0.3 is 6.18 Å². The summed E-state index contributed by atoms with van der Waals surface area (Å²) in [7, 11) is 0. The summed E-state index contributed by atoms with van der Waals surface area (Å²) in [5.41, 5.74) is 1.83. The quantitative estimate of drug-likeness (QED) is 0.773. The predicted octanol–water partition coefficient (Wildman–Crippen LogP) is 5.26. The first-order chi connectivity index (χ1) is 12.3. The van der Waals surface area contributed by atoms with E-state index >= 15 is 0 Å². The van der Waals surface area contributed by atoms with Crippen molar-refractivity contribution in [2.24, 2.45) is 0 Å². The lowest BCUT2D eigenvalue weighted by atomic mass is 9.78. The van der Waals surface area contributed by atoms with Crippen LogP contribution in [0.4, 0.5) is 13.2 Å². The van der Waals surface area contributed by atoms with E-state index in [1.807, 2.05) is 45.0 Å². The van der Waals surface area contributed by atoms with E-state index in [0.717, 1.165) is 15.8 Å². The molecule has 146 valence electrons. The van der Waals surface area contributed by atoms with Crippen LogP contribution < -0.4 is 5.43 Å². The van der Waals surface area contributed by atoms with Crippen LogP contribution in [0.25, 0.3) is 10.8 Å². The van der Waals surface area contributed by atoms with Gasteiger partial charge in [-0.05, 0) is 41.2 Å². The van der Waals surface area contributed by atoms with Crippen molar-refractivity contribution in [1.29, 1.82) is 0 Å². The van der Waals surface area contributed by atoms with Gasteiger partial charge in [-0.25, -0.2) is 0 Å². The summed E-state index contributed by atoms with van der Waals surface area (Å²) < 4.78 is 42.9. The number of rotatable bonds is 2. The highest BCUT2D eigenvalue weighted by Crippen LogP contribution is 2.47. The monoisotopic (exact) mass is 378 g/mol. The lowest BCUT2D eigenvalue weighted by molar-refractivity contribution is -0.204. The fourth-order valence-corrected chi connectivity index (χ4v) is 4.03. The van der Waals surface area contributed by atoms with Crippen LogP contribution >= 0.6 is 0 Å². The molecule has 1 N–H and O–H groups in total. The lowest BCUT2D eigenvalue weighted by Crippen LogP contribution is -2.52. The fraction of sp³-hybridized carbons (Fsp3) is 0.476. The molecular formula is C21H25F3N2O. The van der Waals surface area contributed by atoms with Crippen molar-refractivity contribution in [3.8, 4) is 0 Å². The molecule has 0 saturated carbocycles. The topological polar surface area (TPSA) is 32.3 Å². The Morgan fingerprint density at radius 2 is 1.70 bits per heavy atom. The Kier molecular flexibility index (Phi) is 4.54. The third-order valence-corrected chi connectivity index (χ3v) is 5.06. The molecule has 2 aromatic rings. The Balaban J connectivity index is 2.31. The average molecular weight is 378 g/mol. The van der Waals surface area contributed by atoms with Crippen LogP contribution in [-0.4, -0.2) is 22.6 Å². The normalized spacial score (nSPS) is 19.3. The average Bonchev–Trinajstić information content (AvgIpc) is 2.77. The molecule has 0 radical (unpaired) electrons. The van der Waals surface area contributed by atoms with E-state index in [9.17, 15) is 18.0 Å². The van der Waals surface area contributed by atoms with Gasteiger partial charge in [0, 0.05) is 12.0 Å². The molecule has 27 heavy (non-hydrogen) atoms. The lowest BCUT2D eigenvalue weighted by Gasteiger charge is -2.40. The van der Waals surface area contributed by atoms with Crippen LogP contribution in [0.2, 0.25) is 0 Å². The van der Waals surface area contributed by atoms with Gasteiger partial charge in [-0.15, -0.1) is 0 Å². The number of nitrogens with zero attached hydrogens (tertiary/aromatic N) is 1. The number of benzene rings is 2. The summed E-state index contributed by atoms with van der Waals surface area (Å²) in [6, 6.07) is 8.84. The summed E-state index contributed by atoms with van der Waals surface area (Å²) in [5, 5.41) is 2.78. The number of alkyl halides is 3. The molecule has 1 saturated heterocycles. The smallest absolute Gasteiger partial charge is 0.287 e. The van der Waals surface area contributed by atoms with Crippen LogP contribution in [0.3, 0.4) is 0 Å². The molecule has 3 nitrogen and oxygen atoms in total. The van der Waals surface area contributed by atoms with Crippen LogP contribution in [0, 0.1) is 0 Å². The van der Waals surface area contributed by atoms with E-state index in [1.54, 1.807) is 26.0 Å². The van der Waals surface area contributed by atoms with Gasteiger partial charge < -0.3 is 0 Å². The molecule has 1 fully saturated rings. The maximum Gasteiger partial charge on any atom is 0.409 e. The molecule has 0 spiro atoms. The van der Waals surface area contributed by atoms with E-state index < -0.39 is 29.1 Å². The zero-order valence-electron chi connectivity index (χ0n) is 16.2. The van der Waals surface area contributed by atoms with Crippen molar-refractivity contribution in [3.05, 3.63) is 47.5 Å². The second kappa shape index (κ2) is 6.23. The Morgan fingerprint density at radius 3 is 2.22 bits per heavy atom. The molecule has 2 aromatic carbocycles. The number of halogens is 3. The number of hydrogen-bond donors (Lipinski definition) is 1. The Bertz CT molecular complexity index is 881. The maximum atomic E-state index is 14.3. The van der Waals surface area contributed by atoms with E-state index in [2.05, 4.69) is 5.43 Å². The van der Waals surface area contributed by atoms with Gasteiger partial charge in [0.1, 0.15) is 0 Å². The standard InChI is InChI=1S/C21H25F3N2O/c1-19(2,3)17-14-9-7-6-8-13(14)10-11-15(17)18(21(22,23)24)26-20(4,5)12-16(27)25-26/h6-11,18H,12H2,1-5H3,(H,25,27). The van der Waals surface area contributed by atoms with E-state index in [1.165, 1.54) is 0 Å². The van der Waals surface area contributed by atoms with E-state index in [0.29, 0.717) is 5.56 Å². The molecular weight excluding hydrogens is 353 g/mol. The molecule has 0 bridgehead atoms. The van der Waals surface area contributed by atoms with Crippen LogP contribution in [0.15, 0.2) is 36.4 Å². The molecule has 1 aliphatic heterocycles. The van der Waals surface area contributed by atoms with Crippen LogP contribution in [-0.2, 0) is 10.2 Å². The highest BCUT2D eigenvalue weighted by Gasteiger charge is 2.54. The number of carbonyl (C=O) groups is 1. The zero-order valence-corrected chi connectivity index (χ0v) is 16.2. The highest BCUT2D eigenvalue weighted by molar-refractivity contribution is 5.88. The first-order valence-corrected chi connectivity index (χ1v) is 9.00. The minimum atomic E-state index is -4.54. The summed E-state index contributed by atoms with van der Waals surface area (Å²) >= 11 is 0. The molecule has 1 atom stereocenters. The number of carbonyl (C=O) groups excluding carboxylic acids is 1. The fourth-order valence-electron chi connectivity index (χ4n) is 4.03. The van der Waals surface area contributed by atoms with Gasteiger partial charge in [0.05, 0.1) is 0 Å². The second-order valence-electron chi connectivity index (χ2n) is 8.84. The predicted molar refractivity (Wildman–Crippen MR) is 100 cm³/mol. The van der Waals surface area contributed by atoms with Gasteiger partial charge in [-0.3, -0.25) is 10.2 Å². The molecule has 1 heterocycles. The molecule has 1 unspecified atom stereocenters. The summed E-state index contributed by atoms with van der Waals surface area (Å²) in [6.07, 6.45) is -4.52. The third kappa shape index (κ3) is 3.55. The van der Waals surface area contributed by atoms with Gasteiger partial charge in [0.2, 0.25) is 5.91 Å². The van der Waals surface area contributed by atoms with Crippen molar-refractivity contribution in [3.63, 3.8) is 0 Å². The molecule has 0 aromatic heterocycles. The molecule has 3 rings (SSSR count). The summed E-state index contributed by atoms with van der Waals surface area (Å²) in [4.78, 5) is 11.9. The van der Waals surface area contributed by atoms with Crippen molar-refractivity contribution in [1.82, 2.24) is 10.4 Å². The van der Waals surface area contributed by atoms with E-state index in [-0.39, 0.29) is 12.0 Å². The number of hydrazine groups is 1. The first-order valence-electron chi connectivity index (χ1n) is 9.00. The molecule has 1 aliphatic rings. The largest absolute Gasteiger partial charge is 0.409 e. The Labute approximate surface area is 157 Å². The number of amides is 1. The van der Waals surface area contributed by atoms with Crippen LogP contribution in [0.1, 0.15) is 58.2 Å². The first kappa shape index (κ1) is 19.7. The van der Waals surface area contributed by atoms with Crippen molar-refractivity contribution in [2.45, 2.75) is 64.2 Å². The summed E-state index contributed by atoms with van der Waals surface area (Å²) in [5.74, 6) is -0.396. The minimum Gasteiger partial charge on any atom is -0.287 e. The minimum absolute atomic E-state index is 0.0258. The van der Waals surface area contributed by atoms with Gasteiger partial charge in [-0.2, -0.15) is 18.2 Å². The number of hydrogen-bond acceptors (Lipinski definition) is 2. The third-order valence-electron chi connectivity index (χ3n) is 5.06. The van der Waals surface area contributed by atoms with Crippen molar-refractivity contribution < 1.29 is 18.0 Å². The highest BCUT2D eigenvalue weighted by atomic mass is 19.4. The van der Waals surface area contributed by atoms with E-state index in [4.69, 9.17) is 0 Å². The van der Waals surface area contributed by atoms with Gasteiger partial charge in [0.25, 0.3) is 0 Å². The second-order valence-corrected chi connectivity index (χ2v) is 8.84. The Hall–Kier alpha value is -2.08.